The number of halogens is 1. The molecule has 2 heterocycles. The topological polar surface area (TPSA) is 55.0 Å². The molecule has 126 valence electrons. The summed E-state index contributed by atoms with van der Waals surface area (Å²) in [6, 6.07) is 7.62. The van der Waals surface area contributed by atoms with Crippen LogP contribution in [0, 0.1) is 6.92 Å². The molecule has 0 aliphatic carbocycles. The number of nitrogens with two attached hydrogens (primary N) is 1. The van der Waals surface area contributed by atoms with Gasteiger partial charge in [-0.1, -0.05) is 30.3 Å². The van der Waals surface area contributed by atoms with E-state index in [1.165, 1.54) is 0 Å². The van der Waals surface area contributed by atoms with Gasteiger partial charge in [0.25, 0.3) is 0 Å². The van der Waals surface area contributed by atoms with Crippen LogP contribution >= 0.6 is 11.6 Å². The van der Waals surface area contributed by atoms with Crippen LogP contribution in [0.15, 0.2) is 37.0 Å². The van der Waals surface area contributed by atoms with Crippen molar-refractivity contribution in [3.8, 4) is 0 Å². The van der Waals surface area contributed by atoms with Crippen molar-refractivity contribution in [1.29, 1.82) is 0 Å². The third-order valence-corrected chi connectivity index (χ3v) is 4.89. The van der Waals surface area contributed by atoms with E-state index in [2.05, 4.69) is 23.4 Å². The van der Waals surface area contributed by atoms with Crippen molar-refractivity contribution in [3.05, 3.63) is 59.0 Å². The van der Waals surface area contributed by atoms with Crippen molar-refractivity contribution < 1.29 is 0 Å². The van der Waals surface area contributed by atoms with Crippen LogP contribution in [0.25, 0.3) is 5.57 Å². The first-order valence-electron chi connectivity index (χ1n) is 8.18. The Hall–Kier alpha value is -1.91. The molecular weight excluding hydrogens is 320 g/mol. The minimum absolute atomic E-state index is 0.0677. The minimum atomic E-state index is -0.0677. The van der Waals surface area contributed by atoms with Gasteiger partial charge >= 0.3 is 0 Å². The molecule has 2 N–H and O–H groups in total. The standard InChI is InChI=1S/C19H23ClN4/c1-13(15-4-6-16(20)7-5-15)18-14(2)23-17(12-22-18)24-10-8-19(3,21)9-11-24/h4-7,12H,1,8-11,21H2,2-3H3. The summed E-state index contributed by atoms with van der Waals surface area (Å²) in [4.78, 5) is 11.6. The van der Waals surface area contributed by atoms with Crippen molar-refractivity contribution >= 4 is 23.0 Å². The van der Waals surface area contributed by atoms with Gasteiger partial charge in [0, 0.05) is 29.2 Å². The largest absolute Gasteiger partial charge is 0.355 e. The van der Waals surface area contributed by atoms with E-state index < -0.39 is 0 Å². The highest BCUT2D eigenvalue weighted by Crippen LogP contribution is 2.26. The molecule has 0 bridgehead atoms. The number of nitrogens with zero attached hydrogens (tertiary/aromatic N) is 3. The molecule has 3 rings (SSSR count). The number of benzene rings is 1. The smallest absolute Gasteiger partial charge is 0.147 e. The summed E-state index contributed by atoms with van der Waals surface area (Å²) >= 11 is 5.95. The Balaban J connectivity index is 1.80. The van der Waals surface area contributed by atoms with Gasteiger partial charge in [-0.2, -0.15) is 0 Å². The van der Waals surface area contributed by atoms with Gasteiger partial charge in [0.1, 0.15) is 5.82 Å². The summed E-state index contributed by atoms with van der Waals surface area (Å²) in [5.41, 5.74) is 9.70. The number of piperidine rings is 1. The Labute approximate surface area is 148 Å². The van der Waals surface area contributed by atoms with E-state index in [1.54, 1.807) is 0 Å². The Morgan fingerprint density at radius 1 is 1.25 bits per heavy atom. The second kappa shape index (κ2) is 6.54. The van der Waals surface area contributed by atoms with E-state index >= 15 is 0 Å². The molecular formula is C19H23ClN4. The zero-order valence-electron chi connectivity index (χ0n) is 14.2. The lowest BCUT2D eigenvalue weighted by Gasteiger charge is -2.37. The van der Waals surface area contributed by atoms with E-state index in [1.807, 2.05) is 37.4 Å². The van der Waals surface area contributed by atoms with Crippen LogP contribution in [0.5, 0.6) is 0 Å². The van der Waals surface area contributed by atoms with Gasteiger partial charge in [0.2, 0.25) is 0 Å². The maximum Gasteiger partial charge on any atom is 0.147 e. The minimum Gasteiger partial charge on any atom is -0.355 e. The predicted octanol–water partition coefficient (Wildman–Crippen LogP) is 3.82. The lowest BCUT2D eigenvalue weighted by molar-refractivity contribution is 0.363. The Kier molecular flexibility index (Phi) is 4.61. The van der Waals surface area contributed by atoms with Crippen molar-refractivity contribution in [2.24, 2.45) is 5.73 Å². The highest BCUT2D eigenvalue weighted by molar-refractivity contribution is 6.30. The van der Waals surface area contributed by atoms with Crippen molar-refractivity contribution in [2.45, 2.75) is 32.2 Å². The van der Waals surface area contributed by atoms with Crippen LogP contribution in [0.2, 0.25) is 5.02 Å². The molecule has 24 heavy (non-hydrogen) atoms. The SMILES string of the molecule is C=C(c1ccc(Cl)cc1)c1ncc(N2CCC(C)(N)CC2)nc1C. The molecule has 5 heteroatoms. The number of hydrogen-bond donors (Lipinski definition) is 1. The van der Waals surface area contributed by atoms with Crippen LogP contribution in [-0.2, 0) is 0 Å². The van der Waals surface area contributed by atoms with Gasteiger partial charge in [-0.05, 0) is 44.4 Å². The molecule has 1 aromatic heterocycles. The first-order chi connectivity index (χ1) is 11.4. The van der Waals surface area contributed by atoms with Gasteiger partial charge in [-0.15, -0.1) is 0 Å². The molecule has 0 amide bonds. The summed E-state index contributed by atoms with van der Waals surface area (Å²) in [5.74, 6) is 0.913. The number of anilines is 1. The maximum absolute atomic E-state index is 6.20. The van der Waals surface area contributed by atoms with Crippen LogP contribution in [0.3, 0.4) is 0 Å². The van der Waals surface area contributed by atoms with Gasteiger partial charge in [-0.25, -0.2) is 4.98 Å². The second-order valence-corrected chi connectivity index (χ2v) is 7.23. The van der Waals surface area contributed by atoms with E-state index in [0.717, 1.165) is 54.3 Å². The van der Waals surface area contributed by atoms with Crippen molar-refractivity contribution in [1.82, 2.24) is 9.97 Å². The normalized spacial score (nSPS) is 16.9. The molecule has 0 spiro atoms. The van der Waals surface area contributed by atoms with Gasteiger partial charge in [-0.3, -0.25) is 4.98 Å². The molecule has 0 saturated carbocycles. The lowest BCUT2D eigenvalue weighted by Crippen LogP contribution is -2.48. The Morgan fingerprint density at radius 2 is 1.88 bits per heavy atom. The molecule has 1 saturated heterocycles. The van der Waals surface area contributed by atoms with Crippen molar-refractivity contribution in [2.75, 3.05) is 18.0 Å². The molecule has 0 atom stereocenters. The molecule has 1 aliphatic heterocycles. The molecule has 1 aromatic carbocycles. The third-order valence-electron chi connectivity index (χ3n) is 4.64. The van der Waals surface area contributed by atoms with E-state index in [0.29, 0.717) is 5.02 Å². The summed E-state index contributed by atoms with van der Waals surface area (Å²) < 4.78 is 0. The summed E-state index contributed by atoms with van der Waals surface area (Å²) in [7, 11) is 0. The van der Waals surface area contributed by atoms with E-state index in [4.69, 9.17) is 22.3 Å². The molecule has 1 aliphatic rings. The second-order valence-electron chi connectivity index (χ2n) is 6.79. The molecule has 4 nitrogen and oxygen atoms in total. The Bertz CT molecular complexity index is 742. The van der Waals surface area contributed by atoms with Crippen LogP contribution in [0.4, 0.5) is 5.82 Å². The molecule has 1 fully saturated rings. The molecule has 0 radical (unpaired) electrons. The lowest BCUT2D eigenvalue weighted by atomic mass is 9.91. The molecule has 0 unspecified atom stereocenters. The van der Waals surface area contributed by atoms with Gasteiger partial charge in [0.05, 0.1) is 17.6 Å². The van der Waals surface area contributed by atoms with Gasteiger partial charge < -0.3 is 10.6 Å². The zero-order valence-corrected chi connectivity index (χ0v) is 15.0. The van der Waals surface area contributed by atoms with Crippen molar-refractivity contribution in [3.63, 3.8) is 0 Å². The van der Waals surface area contributed by atoms with E-state index in [-0.39, 0.29) is 5.54 Å². The fraction of sp³-hybridized carbons (Fsp3) is 0.368. The van der Waals surface area contributed by atoms with Crippen LogP contribution in [0.1, 0.15) is 36.7 Å². The predicted molar refractivity (Wildman–Crippen MR) is 100 cm³/mol. The zero-order chi connectivity index (χ0) is 17.3. The van der Waals surface area contributed by atoms with Gasteiger partial charge in [0.15, 0.2) is 0 Å². The third kappa shape index (κ3) is 3.60. The molecule has 2 aromatic rings. The maximum atomic E-state index is 6.20. The number of aryl methyl sites for hydroxylation is 1. The summed E-state index contributed by atoms with van der Waals surface area (Å²) in [6.07, 6.45) is 3.77. The monoisotopic (exact) mass is 342 g/mol. The highest BCUT2D eigenvalue weighted by Gasteiger charge is 2.26. The summed E-state index contributed by atoms with van der Waals surface area (Å²) in [6.45, 7) is 10.1. The van der Waals surface area contributed by atoms with Crippen LogP contribution < -0.4 is 10.6 Å². The highest BCUT2D eigenvalue weighted by atomic mass is 35.5. The average molecular weight is 343 g/mol. The number of hydrogen-bond acceptors (Lipinski definition) is 4. The first-order valence-corrected chi connectivity index (χ1v) is 8.56. The quantitative estimate of drug-likeness (QED) is 0.921. The Morgan fingerprint density at radius 3 is 2.46 bits per heavy atom. The fourth-order valence-corrected chi connectivity index (χ4v) is 3.08. The first kappa shape index (κ1) is 16.9. The van der Waals surface area contributed by atoms with E-state index in [9.17, 15) is 0 Å². The number of rotatable bonds is 3. The summed E-state index contributed by atoms with van der Waals surface area (Å²) in [5, 5.41) is 0.710. The van der Waals surface area contributed by atoms with Crippen LogP contribution in [-0.4, -0.2) is 28.6 Å². The number of aromatic nitrogens is 2. The fourth-order valence-electron chi connectivity index (χ4n) is 2.95. The average Bonchev–Trinajstić information content (AvgIpc) is 2.55.